The van der Waals surface area contributed by atoms with Crippen LogP contribution in [-0.2, 0) is 6.42 Å². The molecule has 17 heavy (non-hydrogen) atoms. The normalized spacial score (nSPS) is 12.8. The number of nitrogens with one attached hydrogen (secondary N) is 1. The maximum absolute atomic E-state index is 6.28. The van der Waals surface area contributed by atoms with Crippen LogP contribution in [0.5, 0.6) is 0 Å². The highest BCUT2D eigenvalue weighted by molar-refractivity contribution is 6.31. The van der Waals surface area contributed by atoms with Gasteiger partial charge in [0.15, 0.2) is 0 Å². The van der Waals surface area contributed by atoms with Crippen LogP contribution in [0.15, 0.2) is 12.1 Å². The van der Waals surface area contributed by atoms with Crippen molar-refractivity contribution in [2.24, 2.45) is 5.92 Å². The van der Waals surface area contributed by atoms with Crippen LogP contribution in [0.3, 0.4) is 0 Å². The van der Waals surface area contributed by atoms with Crippen molar-refractivity contribution in [2.75, 3.05) is 13.6 Å². The lowest BCUT2D eigenvalue weighted by Gasteiger charge is -2.13. The fraction of sp³-hybridized carbons (Fsp3) is 0.600. The molecule has 0 spiro atoms. The van der Waals surface area contributed by atoms with Crippen LogP contribution < -0.4 is 5.32 Å². The van der Waals surface area contributed by atoms with Gasteiger partial charge in [-0.25, -0.2) is 0 Å². The minimum atomic E-state index is 0.750. The third-order valence-corrected chi connectivity index (χ3v) is 3.81. The second-order valence-corrected chi connectivity index (χ2v) is 5.47. The maximum atomic E-state index is 6.28. The van der Waals surface area contributed by atoms with E-state index in [1.165, 1.54) is 29.5 Å². The SMILES string of the molecule is CNCCC(C)CCc1cc(C)c(C)cc1Cl. The van der Waals surface area contributed by atoms with Gasteiger partial charge in [0.2, 0.25) is 0 Å². The molecule has 0 saturated heterocycles. The quantitative estimate of drug-likeness (QED) is 0.804. The Bertz CT molecular complexity index is 360. The van der Waals surface area contributed by atoms with Crippen molar-refractivity contribution in [2.45, 2.75) is 40.0 Å². The van der Waals surface area contributed by atoms with E-state index in [2.05, 4.69) is 38.2 Å². The zero-order chi connectivity index (χ0) is 12.8. The zero-order valence-electron chi connectivity index (χ0n) is 11.4. The highest BCUT2D eigenvalue weighted by atomic mass is 35.5. The molecule has 0 heterocycles. The lowest BCUT2D eigenvalue weighted by Crippen LogP contribution is -2.12. The van der Waals surface area contributed by atoms with Crippen LogP contribution in [0.1, 0.15) is 36.5 Å². The number of aryl methyl sites for hydroxylation is 3. The summed E-state index contributed by atoms with van der Waals surface area (Å²) in [5.41, 5.74) is 3.92. The molecule has 1 nitrogen and oxygen atoms in total. The first kappa shape index (κ1) is 14.5. The fourth-order valence-electron chi connectivity index (χ4n) is 1.97. The summed E-state index contributed by atoms with van der Waals surface area (Å²) in [5, 5.41) is 4.12. The van der Waals surface area contributed by atoms with E-state index < -0.39 is 0 Å². The van der Waals surface area contributed by atoms with Crippen molar-refractivity contribution in [3.05, 3.63) is 33.8 Å². The fourth-order valence-corrected chi connectivity index (χ4v) is 2.28. The molecule has 1 rings (SSSR count). The zero-order valence-corrected chi connectivity index (χ0v) is 12.2. The molecule has 0 fully saturated rings. The van der Waals surface area contributed by atoms with E-state index in [4.69, 9.17) is 11.6 Å². The second-order valence-electron chi connectivity index (χ2n) is 5.06. The Labute approximate surface area is 111 Å². The minimum Gasteiger partial charge on any atom is -0.320 e. The van der Waals surface area contributed by atoms with Gasteiger partial charge in [0.1, 0.15) is 0 Å². The molecule has 0 aliphatic heterocycles. The van der Waals surface area contributed by atoms with E-state index in [0.717, 1.165) is 23.9 Å². The van der Waals surface area contributed by atoms with E-state index in [-0.39, 0.29) is 0 Å². The minimum absolute atomic E-state index is 0.750. The Kier molecular flexibility index (Phi) is 6.01. The Morgan fingerprint density at radius 3 is 2.47 bits per heavy atom. The molecule has 1 aromatic carbocycles. The van der Waals surface area contributed by atoms with Crippen LogP contribution >= 0.6 is 11.6 Å². The van der Waals surface area contributed by atoms with Gasteiger partial charge in [-0.15, -0.1) is 0 Å². The molecular weight excluding hydrogens is 230 g/mol. The summed E-state index contributed by atoms with van der Waals surface area (Å²) in [5.74, 6) is 0.750. The average Bonchev–Trinajstić information content (AvgIpc) is 2.29. The van der Waals surface area contributed by atoms with E-state index in [9.17, 15) is 0 Å². The van der Waals surface area contributed by atoms with Crippen LogP contribution in [0, 0.1) is 19.8 Å². The first-order chi connectivity index (χ1) is 8.04. The van der Waals surface area contributed by atoms with Crippen molar-refractivity contribution in [3.8, 4) is 0 Å². The summed E-state index contributed by atoms with van der Waals surface area (Å²) in [4.78, 5) is 0. The second kappa shape index (κ2) is 7.03. The molecule has 0 radical (unpaired) electrons. The van der Waals surface area contributed by atoms with Gasteiger partial charge in [-0.05, 0) is 75.4 Å². The smallest absolute Gasteiger partial charge is 0.0440 e. The van der Waals surface area contributed by atoms with Crippen molar-refractivity contribution in [1.29, 1.82) is 0 Å². The number of benzene rings is 1. The van der Waals surface area contributed by atoms with Crippen LogP contribution in [0.25, 0.3) is 0 Å². The Hall–Kier alpha value is -0.530. The highest BCUT2D eigenvalue weighted by Gasteiger charge is 2.06. The Morgan fingerprint density at radius 2 is 1.82 bits per heavy atom. The summed E-state index contributed by atoms with van der Waals surface area (Å²) >= 11 is 6.28. The number of hydrogen-bond acceptors (Lipinski definition) is 1. The molecule has 0 saturated carbocycles. The predicted molar refractivity (Wildman–Crippen MR) is 77.0 cm³/mol. The molecule has 1 atom stereocenters. The molecule has 1 aromatic rings. The van der Waals surface area contributed by atoms with Gasteiger partial charge in [-0.1, -0.05) is 24.6 Å². The summed E-state index contributed by atoms with van der Waals surface area (Å²) < 4.78 is 0. The summed E-state index contributed by atoms with van der Waals surface area (Å²) in [7, 11) is 2.01. The lowest BCUT2D eigenvalue weighted by atomic mass is 9.96. The van der Waals surface area contributed by atoms with E-state index in [1.807, 2.05) is 7.05 Å². The third kappa shape index (κ3) is 4.69. The van der Waals surface area contributed by atoms with E-state index >= 15 is 0 Å². The Balaban J connectivity index is 2.54. The van der Waals surface area contributed by atoms with Gasteiger partial charge in [-0.3, -0.25) is 0 Å². The predicted octanol–water partition coefficient (Wildman–Crippen LogP) is 4.14. The first-order valence-electron chi connectivity index (χ1n) is 6.44. The number of hydrogen-bond donors (Lipinski definition) is 1. The maximum Gasteiger partial charge on any atom is 0.0440 e. The molecule has 1 N–H and O–H groups in total. The summed E-state index contributed by atoms with van der Waals surface area (Å²) in [6, 6.07) is 4.33. The van der Waals surface area contributed by atoms with Gasteiger partial charge in [0.25, 0.3) is 0 Å². The van der Waals surface area contributed by atoms with Crippen LogP contribution in [-0.4, -0.2) is 13.6 Å². The molecule has 1 unspecified atom stereocenters. The first-order valence-corrected chi connectivity index (χ1v) is 6.82. The highest BCUT2D eigenvalue weighted by Crippen LogP contribution is 2.23. The van der Waals surface area contributed by atoms with Gasteiger partial charge in [0, 0.05) is 5.02 Å². The third-order valence-electron chi connectivity index (χ3n) is 3.46. The van der Waals surface area contributed by atoms with Gasteiger partial charge < -0.3 is 5.32 Å². The van der Waals surface area contributed by atoms with Crippen molar-refractivity contribution < 1.29 is 0 Å². The summed E-state index contributed by atoms with van der Waals surface area (Å²) in [6.07, 6.45) is 3.54. The standard InChI is InChI=1S/C15H24ClN/c1-11(7-8-17-4)5-6-14-9-12(2)13(3)10-15(14)16/h9-11,17H,5-8H2,1-4H3. The monoisotopic (exact) mass is 253 g/mol. The molecule has 0 aliphatic rings. The molecular formula is C15H24ClN. The van der Waals surface area contributed by atoms with Crippen LogP contribution in [0.2, 0.25) is 5.02 Å². The van der Waals surface area contributed by atoms with E-state index in [1.54, 1.807) is 0 Å². The van der Waals surface area contributed by atoms with Crippen molar-refractivity contribution in [3.63, 3.8) is 0 Å². The molecule has 0 amide bonds. The van der Waals surface area contributed by atoms with Crippen molar-refractivity contribution >= 4 is 11.6 Å². The van der Waals surface area contributed by atoms with E-state index in [0.29, 0.717) is 0 Å². The molecule has 0 aliphatic carbocycles. The van der Waals surface area contributed by atoms with Gasteiger partial charge >= 0.3 is 0 Å². The summed E-state index contributed by atoms with van der Waals surface area (Å²) in [6.45, 7) is 7.67. The average molecular weight is 254 g/mol. The largest absolute Gasteiger partial charge is 0.320 e. The molecule has 96 valence electrons. The number of rotatable bonds is 6. The Morgan fingerprint density at radius 1 is 1.18 bits per heavy atom. The topological polar surface area (TPSA) is 12.0 Å². The van der Waals surface area contributed by atoms with Gasteiger partial charge in [-0.2, -0.15) is 0 Å². The lowest BCUT2D eigenvalue weighted by molar-refractivity contribution is 0.482. The van der Waals surface area contributed by atoms with Gasteiger partial charge in [0.05, 0.1) is 0 Å². The van der Waals surface area contributed by atoms with Crippen molar-refractivity contribution in [1.82, 2.24) is 5.32 Å². The molecule has 0 aromatic heterocycles. The van der Waals surface area contributed by atoms with Crippen LogP contribution in [0.4, 0.5) is 0 Å². The number of halogens is 1. The molecule has 2 heteroatoms. The molecule has 0 bridgehead atoms.